The lowest BCUT2D eigenvalue weighted by Crippen LogP contribution is -2.44. The molecule has 0 aliphatic carbocycles. The number of carbonyl (C=O) groups excluding carboxylic acids is 1. The molecule has 4 nitrogen and oxygen atoms in total. The van der Waals surface area contributed by atoms with Crippen LogP contribution >= 0.6 is 27.3 Å². The highest BCUT2D eigenvalue weighted by atomic mass is 79.9. The second kappa shape index (κ2) is 6.17. The maximum atomic E-state index is 12.7. The largest absolute Gasteiger partial charge is 0.383 e. The van der Waals surface area contributed by atoms with E-state index >= 15 is 0 Å². The van der Waals surface area contributed by atoms with Crippen LogP contribution in [0.2, 0.25) is 0 Å². The van der Waals surface area contributed by atoms with Gasteiger partial charge in [-0.25, -0.2) is 0 Å². The highest BCUT2D eigenvalue weighted by Crippen LogP contribution is 2.36. The molecule has 1 aromatic heterocycles. The Balaban J connectivity index is 1.98. The molecule has 1 aliphatic heterocycles. The van der Waals surface area contributed by atoms with Gasteiger partial charge in [-0.3, -0.25) is 4.79 Å². The highest BCUT2D eigenvalue weighted by molar-refractivity contribution is 9.10. The maximum absolute atomic E-state index is 12.7. The van der Waals surface area contributed by atoms with Gasteiger partial charge in [0.05, 0.1) is 12.2 Å². The molecule has 1 aliphatic rings. The van der Waals surface area contributed by atoms with Crippen LogP contribution in [0.5, 0.6) is 0 Å². The van der Waals surface area contributed by atoms with Gasteiger partial charge in [0, 0.05) is 34.1 Å². The Bertz CT molecular complexity index is 659. The van der Waals surface area contributed by atoms with Crippen LogP contribution < -0.4 is 5.32 Å². The number of thiophene rings is 1. The number of fused-ring (bicyclic) bond motifs is 1. The summed E-state index contributed by atoms with van der Waals surface area (Å²) < 4.78 is 6.17. The van der Waals surface area contributed by atoms with Crippen molar-refractivity contribution in [2.75, 3.05) is 25.6 Å². The fraction of sp³-hybridized carbons (Fsp3) is 0.267. The van der Waals surface area contributed by atoms with Gasteiger partial charge in [-0.15, -0.1) is 11.3 Å². The molecule has 1 aromatic carbocycles. The number of rotatable bonds is 4. The standard InChI is InChI=1S/C15H15BrN2O2S/c1-20-7-6-18-14(13-8-10(16)9-21-13)17-12-5-3-2-4-11(12)15(18)19/h2-5,8-9,14,17H,6-7H2,1H3. The maximum Gasteiger partial charge on any atom is 0.257 e. The minimum atomic E-state index is -0.154. The summed E-state index contributed by atoms with van der Waals surface area (Å²) in [6.45, 7) is 1.06. The molecular weight excluding hydrogens is 352 g/mol. The summed E-state index contributed by atoms with van der Waals surface area (Å²) in [6, 6.07) is 9.66. The van der Waals surface area contributed by atoms with Crippen LogP contribution in [0.15, 0.2) is 40.2 Å². The van der Waals surface area contributed by atoms with Crippen molar-refractivity contribution in [3.8, 4) is 0 Å². The smallest absolute Gasteiger partial charge is 0.257 e. The van der Waals surface area contributed by atoms with Gasteiger partial charge >= 0.3 is 0 Å². The number of anilines is 1. The fourth-order valence-electron chi connectivity index (χ4n) is 2.41. The second-order valence-corrected chi connectivity index (χ2v) is 6.61. The molecule has 1 amide bonds. The molecule has 2 aromatic rings. The summed E-state index contributed by atoms with van der Waals surface area (Å²) in [6.07, 6.45) is -0.154. The molecule has 1 atom stereocenters. The van der Waals surface area contributed by atoms with E-state index in [0.717, 1.165) is 15.0 Å². The molecule has 21 heavy (non-hydrogen) atoms. The number of para-hydroxylation sites is 1. The van der Waals surface area contributed by atoms with Crippen LogP contribution in [0.3, 0.4) is 0 Å². The van der Waals surface area contributed by atoms with Gasteiger partial charge < -0.3 is 15.0 Å². The van der Waals surface area contributed by atoms with Crippen LogP contribution in [-0.4, -0.2) is 31.1 Å². The first-order chi connectivity index (χ1) is 10.2. The second-order valence-electron chi connectivity index (χ2n) is 4.75. The van der Waals surface area contributed by atoms with E-state index in [-0.39, 0.29) is 12.1 Å². The quantitative estimate of drug-likeness (QED) is 0.896. The lowest BCUT2D eigenvalue weighted by atomic mass is 10.1. The Labute approximate surface area is 135 Å². The third kappa shape index (κ3) is 2.84. The Morgan fingerprint density at radius 1 is 1.43 bits per heavy atom. The van der Waals surface area contributed by atoms with Crippen LogP contribution in [0.4, 0.5) is 5.69 Å². The number of nitrogens with zero attached hydrogens (tertiary/aromatic N) is 1. The summed E-state index contributed by atoms with van der Waals surface area (Å²) in [7, 11) is 1.65. The monoisotopic (exact) mass is 366 g/mol. The van der Waals surface area contributed by atoms with Gasteiger partial charge in [-0.1, -0.05) is 12.1 Å². The molecule has 6 heteroatoms. The third-order valence-electron chi connectivity index (χ3n) is 3.42. The predicted molar refractivity (Wildman–Crippen MR) is 87.7 cm³/mol. The van der Waals surface area contributed by atoms with Gasteiger partial charge in [0.15, 0.2) is 0 Å². The molecule has 0 saturated carbocycles. The van der Waals surface area contributed by atoms with Crippen molar-refractivity contribution < 1.29 is 9.53 Å². The van der Waals surface area contributed by atoms with Crippen molar-refractivity contribution in [1.82, 2.24) is 4.90 Å². The van der Waals surface area contributed by atoms with Gasteiger partial charge in [-0.2, -0.15) is 0 Å². The summed E-state index contributed by atoms with van der Waals surface area (Å²) >= 11 is 5.10. The van der Waals surface area contributed by atoms with Crippen LogP contribution in [0.25, 0.3) is 0 Å². The Kier molecular flexibility index (Phi) is 4.28. The number of hydrogen-bond donors (Lipinski definition) is 1. The van der Waals surface area contributed by atoms with E-state index in [0.29, 0.717) is 18.7 Å². The van der Waals surface area contributed by atoms with Crippen molar-refractivity contribution >= 4 is 38.9 Å². The molecule has 2 heterocycles. The molecule has 110 valence electrons. The molecule has 0 fully saturated rings. The first-order valence-electron chi connectivity index (χ1n) is 6.60. The number of methoxy groups -OCH3 is 1. The van der Waals surface area contributed by atoms with Crippen molar-refractivity contribution in [1.29, 1.82) is 0 Å². The molecule has 0 bridgehead atoms. The molecule has 1 unspecified atom stereocenters. The van der Waals surface area contributed by atoms with Gasteiger partial charge in [0.2, 0.25) is 0 Å². The average molecular weight is 367 g/mol. The summed E-state index contributed by atoms with van der Waals surface area (Å²) in [5.74, 6) is 0.0379. The first-order valence-corrected chi connectivity index (χ1v) is 8.27. The fourth-order valence-corrected chi connectivity index (χ4v) is 3.91. The lowest BCUT2D eigenvalue weighted by Gasteiger charge is -2.37. The zero-order chi connectivity index (χ0) is 14.8. The summed E-state index contributed by atoms with van der Waals surface area (Å²) in [4.78, 5) is 15.7. The highest BCUT2D eigenvalue weighted by Gasteiger charge is 2.33. The Hall–Kier alpha value is -1.37. The Morgan fingerprint density at radius 3 is 2.95 bits per heavy atom. The molecule has 3 rings (SSSR count). The van der Waals surface area contributed by atoms with Crippen LogP contribution in [-0.2, 0) is 4.74 Å². The number of ether oxygens (including phenoxy) is 1. The van der Waals surface area contributed by atoms with Gasteiger partial charge in [0.1, 0.15) is 6.17 Å². The van der Waals surface area contributed by atoms with Crippen molar-refractivity contribution in [3.63, 3.8) is 0 Å². The molecule has 0 radical (unpaired) electrons. The van der Waals surface area contributed by atoms with E-state index in [9.17, 15) is 4.79 Å². The van der Waals surface area contributed by atoms with E-state index in [1.807, 2.05) is 40.6 Å². The van der Waals surface area contributed by atoms with E-state index in [2.05, 4.69) is 21.2 Å². The van der Waals surface area contributed by atoms with E-state index in [1.54, 1.807) is 18.4 Å². The zero-order valence-corrected chi connectivity index (χ0v) is 13.9. The summed E-state index contributed by atoms with van der Waals surface area (Å²) in [5, 5.41) is 5.48. The predicted octanol–water partition coefficient (Wildman–Crippen LogP) is 3.72. The Morgan fingerprint density at radius 2 is 2.24 bits per heavy atom. The van der Waals surface area contributed by atoms with E-state index < -0.39 is 0 Å². The van der Waals surface area contributed by atoms with Gasteiger partial charge in [-0.05, 0) is 34.1 Å². The van der Waals surface area contributed by atoms with E-state index in [1.165, 1.54) is 0 Å². The normalized spacial score (nSPS) is 17.5. The van der Waals surface area contributed by atoms with Crippen molar-refractivity contribution in [2.45, 2.75) is 6.17 Å². The topological polar surface area (TPSA) is 41.6 Å². The third-order valence-corrected chi connectivity index (χ3v) is 5.16. The van der Waals surface area contributed by atoms with E-state index in [4.69, 9.17) is 4.74 Å². The number of amides is 1. The lowest BCUT2D eigenvalue weighted by molar-refractivity contribution is 0.0613. The van der Waals surface area contributed by atoms with Crippen molar-refractivity contribution in [3.05, 3.63) is 50.6 Å². The number of halogens is 1. The number of carbonyl (C=O) groups is 1. The van der Waals surface area contributed by atoms with Crippen LogP contribution in [0.1, 0.15) is 21.4 Å². The SMILES string of the molecule is COCCN1C(=O)c2ccccc2NC1c1cc(Br)cs1. The van der Waals surface area contributed by atoms with Crippen LogP contribution in [0, 0.1) is 0 Å². The first kappa shape index (κ1) is 14.6. The number of nitrogens with one attached hydrogen (secondary N) is 1. The zero-order valence-electron chi connectivity index (χ0n) is 11.5. The molecular formula is C15H15BrN2O2S. The van der Waals surface area contributed by atoms with Crippen molar-refractivity contribution in [2.24, 2.45) is 0 Å². The molecule has 1 N–H and O–H groups in total. The molecule has 0 saturated heterocycles. The average Bonchev–Trinajstić information content (AvgIpc) is 2.93. The summed E-state index contributed by atoms with van der Waals surface area (Å²) in [5.41, 5.74) is 1.59. The number of hydrogen-bond acceptors (Lipinski definition) is 4. The number of benzene rings is 1. The minimum absolute atomic E-state index is 0.0379. The van der Waals surface area contributed by atoms with Gasteiger partial charge in [0.25, 0.3) is 5.91 Å². The molecule has 0 spiro atoms. The minimum Gasteiger partial charge on any atom is -0.383 e.